The van der Waals surface area contributed by atoms with Crippen molar-refractivity contribution in [3.8, 4) is 0 Å². The highest BCUT2D eigenvalue weighted by Gasteiger charge is 2.19. The second-order valence-electron chi connectivity index (χ2n) is 10.8. The van der Waals surface area contributed by atoms with E-state index in [-0.39, 0.29) is 19.8 Å². The highest BCUT2D eigenvalue weighted by Crippen LogP contribution is 2.38. The summed E-state index contributed by atoms with van der Waals surface area (Å²) in [6, 6.07) is 0. The first kappa shape index (κ1) is 36.2. The average Bonchev–Trinajstić information content (AvgIpc) is 2.80. The fourth-order valence-electron chi connectivity index (χ4n) is 3.66. The number of hydrogen-bond acceptors (Lipinski definition) is 7. The molecule has 0 radical (unpaired) electrons. The van der Waals surface area contributed by atoms with Crippen molar-refractivity contribution in [3.05, 3.63) is 12.2 Å². The molecule has 0 aliphatic rings. The van der Waals surface area contributed by atoms with Gasteiger partial charge in [-0.2, -0.15) is 0 Å². The van der Waals surface area contributed by atoms with Crippen LogP contribution in [0.2, 0.25) is 0 Å². The van der Waals surface area contributed by atoms with Gasteiger partial charge in [-0.3, -0.25) is 9.36 Å². The molecule has 0 bridgehead atoms. The first-order valence-electron chi connectivity index (χ1n) is 14.4. The maximum Gasteiger partial charge on any atom is 0.303 e. The van der Waals surface area contributed by atoms with Gasteiger partial charge in [-0.1, -0.05) is 76.9 Å². The van der Waals surface area contributed by atoms with Crippen molar-refractivity contribution in [2.24, 2.45) is 0 Å². The molecule has 0 rings (SSSR count). The Hall–Kier alpha value is -0.760. The summed E-state index contributed by atoms with van der Waals surface area (Å²) < 4.78 is 33.0. The number of likely N-dealkylation sites (N-methyl/N-ethyl adjacent to an activating group) is 1. The lowest BCUT2D eigenvalue weighted by Gasteiger charge is -2.28. The molecule has 0 aliphatic carbocycles. The summed E-state index contributed by atoms with van der Waals surface area (Å²) in [5.74, 6) is -0.513. The van der Waals surface area contributed by atoms with Crippen LogP contribution in [0.15, 0.2) is 12.2 Å². The fourth-order valence-corrected chi connectivity index (χ4v) is 4.38. The average molecular weight is 550 g/mol. The van der Waals surface area contributed by atoms with Crippen molar-refractivity contribution in [3.63, 3.8) is 0 Å². The van der Waals surface area contributed by atoms with Crippen molar-refractivity contribution in [2.45, 2.75) is 110 Å². The van der Waals surface area contributed by atoms with E-state index in [0.717, 1.165) is 12.8 Å². The number of allylic oxidation sites excluding steroid dienone is 2. The number of ether oxygens (including phenoxy) is 2. The minimum absolute atomic E-state index is 0.0228. The quantitative estimate of drug-likeness (QED) is 0.0418. The van der Waals surface area contributed by atoms with Gasteiger partial charge < -0.3 is 27.9 Å². The Balaban J connectivity index is 3.77. The van der Waals surface area contributed by atoms with Crippen LogP contribution >= 0.6 is 7.82 Å². The third-order valence-electron chi connectivity index (χ3n) is 5.87. The van der Waals surface area contributed by atoms with Crippen molar-refractivity contribution < 1.29 is 37.3 Å². The number of nitrogens with zero attached hydrogens (tertiary/aromatic N) is 1. The summed E-state index contributed by atoms with van der Waals surface area (Å²) in [6.07, 6.45) is 21.3. The number of carbonyl (C=O) groups excluding carboxylic acids is 1. The van der Waals surface area contributed by atoms with Gasteiger partial charge in [0.1, 0.15) is 19.3 Å². The molecular weight excluding hydrogens is 493 g/mol. The number of phosphoric ester groups is 1. The summed E-state index contributed by atoms with van der Waals surface area (Å²) in [4.78, 5) is 23.3. The molecular formula is C28H56NO7P. The van der Waals surface area contributed by atoms with Crippen molar-refractivity contribution in [1.29, 1.82) is 0 Å². The van der Waals surface area contributed by atoms with Gasteiger partial charge in [0.2, 0.25) is 0 Å². The smallest absolute Gasteiger partial charge is 0.303 e. The molecule has 0 saturated heterocycles. The zero-order valence-corrected chi connectivity index (χ0v) is 25.3. The van der Waals surface area contributed by atoms with Crippen LogP contribution in [0.5, 0.6) is 0 Å². The molecule has 0 amide bonds. The van der Waals surface area contributed by atoms with E-state index in [1.807, 2.05) is 21.1 Å². The predicted octanol–water partition coefficient (Wildman–Crippen LogP) is 6.18. The van der Waals surface area contributed by atoms with Gasteiger partial charge in [0.25, 0.3) is 7.82 Å². The SMILES string of the molecule is CCCCCCCC/C=C\CCCCCCCCOC[C@H](COP(=O)([O-])OCC[N+](C)(C)C)OC(C)=O. The number of phosphoric acid groups is 1. The first-order chi connectivity index (χ1) is 17.6. The van der Waals surface area contributed by atoms with Gasteiger partial charge in [0, 0.05) is 13.5 Å². The van der Waals surface area contributed by atoms with E-state index in [9.17, 15) is 14.3 Å². The Labute approximate surface area is 227 Å². The van der Waals surface area contributed by atoms with E-state index in [0.29, 0.717) is 17.6 Å². The molecule has 37 heavy (non-hydrogen) atoms. The Morgan fingerprint density at radius 1 is 0.811 bits per heavy atom. The Morgan fingerprint density at radius 2 is 1.35 bits per heavy atom. The van der Waals surface area contributed by atoms with Gasteiger partial charge in [-0.15, -0.1) is 0 Å². The lowest BCUT2D eigenvalue weighted by Crippen LogP contribution is -2.37. The molecule has 220 valence electrons. The van der Waals surface area contributed by atoms with Crippen LogP contribution in [-0.4, -0.2) is 70.7 Å². The van der Waals surface area contributed by atoms with E-state index in [1.165, 1.54) is 84.0 Å². The van der Waals surface area contributed by atoms with Crippen LogP contribution in [0.25, 0.3) is 0 Å². The minimum atomic E-state index is -4.47. The molecule has 0 fully saturated rings. The van der Waals surface area contributed by atoms with Crippen LogP contribution in [0.1, 0.15) is 104 Å². The highest BCUT2D eigenvalue weighted by molar-refractivity contribution is 7.45. The van der Waals surface area contributed by atoms with Crippen molar-refractivity contribution in [1.82, 2.24) is 0 Å². The number of unbranched alkanes of at least 4 members (excludes halogenated alkanes) is 12. The molecule has 0 aromatic heterocycles. The second-order valence-corrected chi connectivity index (χ2v) is 12.2. The normalized spacial score (nSPS) is 14.6. The third-order valence-corrected chi connectivity index (χ3v) is 6.83. The van der Waals surface area contributed by atoms with Crippen LogP contribution < -0.4 is 4.89 Å². The molecule has 0 heterocycles. The largest absolute Gasteiger partial charge is 0.756 e. The van der Waals surface area contributed by atoms with Gasteiger partial charge >= 0.3 is 5.97 Å². The minimum Gasteiger partial charge on any atom is -0.756 e. The Morgan fingerprint density at radius 3 is 1.89 bits per heavy atom. The summed E-state index contributed by atoms with van der Waals surface area (Å²) in [7, 11) is 1.34. The van der Waals surface area contributed by atoms with E-state index in [1.54, 1.807) is 0 Å². The molecule has 2 atom stereocenters. The lowest BCUT2D eigenvalue weighted by molar-refractivity contribution is -0.870. The maximum atomic E-state index is 11.9. The highest BCUT2D eigenvalue weighted by atomic mass is 31.2. The number of esters is 1. The Bertz CT molecular complexity index is 622. The van der Waals surface area contributed by atoms with Crippen molar-refractivity contribution in [2.75, 3.05) is 54.1 Å². The zero-order chi connectivity index (χ0) is 27.8. The van der Waals surface area contributed by atoms with Gasteiger partial charge in [-0.25, -0.2) is 0 Å². The monoisotopic (exact) mass is 549 g/mol. The predicted molar refractivity (Wildman–Crippen MR) is 148 cm³/mol. The number of hydrogen-bond donors (Lipinski definition) is 0. The van der Waals surface area contributed by atoms with Crippen molar-refractivity contribution >= 4 is 13.8 Å². The lowest BCUT2D eigenvalue weighted by atomic mass is 10.1. The summed E-state index contributed by atoms with van der Waals surface area (Å²) >= 11 is 0. The molecule has 0 N–H and O–H groups in total. The van der Waals surface area contributed by atoms with Crippen LogP contribution in [0.3, 0.4) is 0 Å². The van der Waals surface area contributed by atoms with Crippen LogP contribution in [0.4, 0.5) is 0 Å². The summed E-state index contributed by atoms with van der Waals surface area (Å²) in [5.41, 5.74) is 0. The standard InChI is InChI=1S/C28H56NO7P/c1-6-7-8-9-10-11-12-13-14-15-16-17-18-19-20-21-23-33-25-28(36-27(2)30)26-35-37(31,32)34-24-22-29(3,4)5/h13-14,28H,6-12,15-26H2,1-5H3/b14-13-/t28-/m1/s1. The number of quaternary nitrogens is 1. The fraction of sp³-hybridized carbons (Fsp3) is 0.893. The molecule has 0 aromatic rings. The summed E-state index contributed by atoms with van der Waals surface area (Å²) in [6.45, 7) is 4.37. The van der Waals surface area contributed by atoms with Gasteiger partial charge in [0.05, 0.1) is 34.4 Å². The number of rotatable bonds is 26. The van der Waals surface area contributed by atoms with Gasteiger partial charge in [0.15, 0.2) is 0 Å². The maximum absolute atomic E-state index is 11.9. The molecule has 9 heteroatoms. The molecule has 8 nitrogen and oxygen atoms in total. The van der Waals surface area contributed by atoms with Crippen LogP contribution in [-0.2, 0) is 27.9 Å². The first-order valence-corrected chi connectivity index (χ1v) is 15.8. The third kappa shape index (κ3) is 28.1. The van der Waals surface area contributed by atoms with E-state index in [4.69, 9.17) is 18.5 Å². The van der Waals surface area contributed by atoms with Crippen LogP contribution in [0, 0.1) is 0 Å². The van der Waals surface area contributed by atoms with Gasteiger partial charge in [-0.05, 0) is 32.1 Å². The number of carbonyl (C=O) groups is 1. The molecule has 1 unspecified atom stereocenters. The van der Waals surface area contributed by atoms with E-state index < -0.39 is 19.9 Å². The van der Waals surface area contributed by atoms with E-state index in [2.05, 4.69) is 19.1 Å². The second kappa shape index (κ2) is 23.2. The molecule has 0 aromatic carbocycles. The zero-order valence-electron chi connectivity index (χ0n) is 24.4. The molecule has 0 saturated carbocycles. The molecule has 0 aliphatic heterocycles. The van der Waals surface area contributed by atoms with E-state index >= 15 is 0 Å². The topological polar surface area (TPSA) is 94.1 Å². The molecule has 0 spiro atoms. The summed E-state index contributed by atoms with van der Waals surface area (Å²) in [5, 5.41) is 0. The Kier molecular flexibility index (Phi) is 22.7.